The minimum absolute atomic E-state index is 0.00374. The number of aromatic nitrogens is 2. The second-order valence-electron chi connectivity index (χ2n) is 8.76. The molecule has 1 atom stereocenters. The van der Waals surface area contributed by atoms with Crippen molar-refractivity contribution in [3.63, 3.8) is 0 Å². The lowest BCUT2D eigenvalue weighted by atomic mass is 9.95. The molecule has 1 aromatic heterocycles. The number of imidazole rings is 1. The van der Waals surface area contributed by atoms with Crippen LogP contribution >= 0.6 is 23.2 Å². The zero-order chi connectivity index (χ0) is 23.7. The van der Waals surface area contributed by atoms with Gasteiger partial charge in [0, 0.05) is 31.3 Å². The Morgan fingerprint density at radius 1 is 1.15 bits per heavy atom. The summed E-state index contributed by atoms with van der Waals surface area (Å²) >= 11 is 12.7. The van der Waals surface area contributed by atoms with Gasteiger partial charge >= 0.3 is 0 Å². The molecule has 0 radical (unpaired) electrons. The van der Waals surface area contributed by atoms with Crippen LogP contribution in [0.1, 0.15) is 26.2 Å². The maximum Gasteiger partial charge on any atom is 0.223 e. The molecular weight excluding hydrogens is 475 g/mol. The molecule has 1 N–H and O–H groups in total. The highest BCUT2D eigenvalue weighted by molar-refractivity contribution is 6.42. The van der Waals surface area contributed by atoms with Crippen LogP contribution in [0.4, 0.5) is 5.95 Å². The Hall–Kier alpha value is -2.48. The number of carbonyl (C=O) groups is 1. The summed E-state index contributed by atoms with van der Waals surface area (Å²) in [6.45, 7) is 5.39. The van der Waals surface area contributed by atoms with Crippen LogP contribution in [0.25, 0.3) is 16.7 Å². The normalized spacial score (nSPS) is 19.0. The monoisotopic (exact) mass is 502 g/mol. The fourth-order valence-electron chi connectivity index (χ4n) is 4.69. The lowest BCUT2D eigenvalue weighted by Crippen LogP contribution is -2.44. The number of nitrogens with zero attached hydrogens (tertiary/aromatic N) is 3. The van der Waals surface area contributed by atoms with Crippen molar-refractivity contribution in [2.75, 3.05) is 37.8 Å². The number of halogens is 2. The first kappa shape index (κ1) is 23.3. The third kappa shape index (κ3) is 4.69. The predicted octanol–water partition coefficient (Wildman–Crippen LogP) is 4.85. The first-order valence-electron chi connectivity index (χ1n) is 11.8. The molecule has 7 nitrogen and oxygen atoms in total. The molecule has 3 heterocycles. The minimum atomic E-state index is 0.00374. The molecule has 2 aliphatic rings. The first-order valence-corrected chi connectivity index (χ1v) is 12.5. The predicted molar refractivity (Wildman–Crippen MR) is 135 cm³/mol. The molecule has 3 aromatic rings. The van der Waals surface area contributed by atoms with E-state index in [9.17, 15) is 4.79 Å². The number of hydrogen-bond acceptors (Lipinski definition) is 5. The van der Waals surface area contributed by atoms with Crippen LogP contribution in [-0.2, 0) is 9.53 Å². The van der Waals surface area contributed by atoms with Crippen molar-refractivity contribution < 1.29 is 14.3 Å². The molecule has 180 valence electrons. The number of hydrogen-bond donors (Lipinski definition) is 1. The lowest BCUT2D eigenvalue weighted by Gasteiger charge is -2.32. The number of ether oxygens (including phenoxy) is 2. The van der Waals surface area contributed by atoms with E-state index in [1.165, 1.54) is 0 Å². The maximum absolute atomic E-state index is 12.7. The molecule has 1 amide bonds. The standard InChI is InChI=1S/C25H28Cl2N4O3/c1-2-34-19-5-3-18(4-6-19)31-23-14-21(27)20(26)13-22(23)29-25(31)30-10-7-16(8-11-30)24(32)28-17-9-12-33-15-17/h3-6,13-14,16-17H,2,7-12,15H2,1H3,(H,28,32). The Kier molecular flexibility index (Phi) is 6.86. The number of piperidine rings is 1. The van der Waals surface area contributed by atoms with Gasteiger partial charge in [-0.25, -0.2) is 4.98 Å². The van der Waals surface area contributed by atoms with Gasteiger partial charge < -0.3 is 19.7 Å². The van der Waals surface area contributed by atoms with Gasteiger partial charge in [-0.3, -0.25) is 9.36 Å². The Bertz CT molecular complexity index is 1170. The van der Waals surface area contributed by atoms with Crippen LogP contribution in [0.15, 0.2) is 36.4 Å². The fourth-order valence-corrected chi connectivity index (χ4v) is 5.01. The summed E-state index contributed by atoms with van der Waals surface area (Å²) < 4.78 is 13.1. The average molecular weight is 503 g/mol. The van der Waals surface area contributed by atoms with Crippen molar-refractivity contribution in [3.05, 3.63) is 46.4 Å². The molecule has 1 unspecified atom stereocenters. The van der Waals surface area contributed by atoms with Gasteiger partial charge in [0.25, 0.3) is 0 Å². The van der Waals surface area contributed by atoms with E-state index in [1.807, 2.05) is 37.3 Å². The molecule has 2 aromatic carbocycles. The van der Waals surface area contributed by atoms with Gasteiger partial charge in [0.2, 0.25) is 11.9 Å². The Labute approximate surface area is 208 Å². The van der Waals surface area contributed by atoms with E-state index < -0.39 is 0 Å². The smallest absolute Gasteiger partial charge is 0.223 e. The summed E-state index contributed by atoms with van der Waals surface area (Å²) in [5.41, 5.74) is 2.62. The van der Waals surface area contributed by atoms with Gasteiger partial charge in [-0.05, 0) is 62.6 Å². The first-order chi connectivity index (χ1) is 16.5. The molecule has 0 aliphatic carbocycles. The van der Waals surface area contributed by atoms with Gasteiger partial charge in [0.1, 0.15) is 5.75 Å². The summed E-state index contributed by atoms with van der Waals surface area (Å²) in [5.74, 6) is 1.77. The zero-order valence-corrected chi connectivity index (χ0v) is 20.6. The van der Waals surface area contributed by atoms with E-state index in [0.29, 0.717) is 23.3 Å². The second-order valence-corrected chi connectivity index (χ2v) is 9.57. The molecule has 9 heteroatoms. The van der Waals surface area contributed by atoms with Gasteiger partial charge in [-0.15, -0.1) is 0 Å². The van der Waals surface area contributed by atoms with E-state index in [0.717, 1.165) is 67.4 Å². The summed E-state index contributed by atoms with van der Waals surface area (Å²) in [6.07, 6.45) is 2.43. The van der Waals surface area contributed by atoms with Crippen LogP contribution in [0.2, 0.25) is 10.0 Å². The average Bonchev–Trinajstić information content (AvgIpc) is 3.48. The lowest BCUT2D eigenvalue weighted by molar-refractivity contribution is -0.126. The Balaban J connectivity index is 1.41. The number of rotatable bonds is 6. The largest absolute Gasteiger partial charge is 0.494 e. The van der Waals surface area contributed by atoms with Crippen LogP contribution in [-0.4, -0.2) is 54.4 Å². The highest BCUT2D eigenvalue weighted by Crippen LogP contribution is 2.35. The van der Waals surface area contributed by atoms with Gasteiger partial charge in [0.15, 0.2) is 0 Å². The number of carbonyl (C=O) groups excluding carboxylic acids is 1. The molecular formula is C25H28Cl2N4O3. The molecule has 0 bridgehead atoms. The Morgan fingerprint density at radius 3 is 2.56 bits per heavy atom. The van der Waals surface area contributed by atoms with E-state index in [1.54, 1.807) is 6.07 Å². The van der Waals surface area contributed by atoms with Crippen LogP contribution in [0.3, 0.4) is 0 Å². The van der Waals surface area contributed by atoms with Gasteiger partial charge in [-0.2, -0.15) is 0 Å². The van der Waals surface area contributed by atoms with Gasteiger partial charge in [-0.1, -0.05) is 23.2 Å². The Morgan fingerprint density at radius 2 is 1.88 bits per heavy atom. The third-order valence-electron chi connectivity index (χ3n) is 6.51. The quantitative estimate of drug-likeness (QED) is 0.521. The van der Waals surface area contributed by atoms with Crippen LogP contribution in [0, 0.1) is 5.92 Å². The summed E-state index contributed by atoms with van der Waals surface area (Å²) in [6, 6.07) is 11.7. The third-order valence-corrected chi connectivity index (χ3v) is 7.23. The molecule has 2 saturated heterocycles. The maximum atomic E-state index is 12.7. The molecule has 2 fully saturated rings. The van der Waals surface area contributed by atoms with Crippen molar-refractivity contribution in [2.24, 2.45) is 5.92 Å². The van der Waals surface area contributed by atoms with Crippen LogP contribution < -0.4 is 15.0 Å². The van der Waals surface area contributed by atoms with Crippen molar-refractivity contribution in [3.8, 4) is 11.4 Å². The minimum Gasteiger partial charge on any atom is -0.494 e. The van der Waals surface area contributed by atoms with Crippen LogP contribution in [0.5, 0.6) is 5.75 Å². The molecule has 0 spiro atoms. The van der Waals surface area contributed by atoms with Crippen molar-refractivity contribution in [1.82, 2.24) is 14.9 Å². The second kappa shape index (κ2) is 10.0. The van der Waals surface area contributed by atoms with Crippen molar-refractivity contribution in [2.45, 2.75) is 32.2 Å². The number of fused-ring (bicyclic) bond motifs is 1. The SMILES string of the molecule is CCOc1ccc(-n2c(N3CCC(C(=O)NC4CCOC4)CC3)nc3cc(Cl)c(Cl)cc32)cc1. The summed E-state index contributed by atoms with van der Waals surface area (Å²) in [4.78, 5) is 19.9. The number of amides is 1. The number of anilines is 1. The highest BCUT2D eigenvalue weighted by atomic mass is 35.5. The number of benzene rings is 2. The molecule has 34 heavy (non-hydrogen) atoms. The van der Waals surface area contributed by atoms with E-state index in [-0.39, 0.29) is 17.9 Å². The highest BCUT2D eigenvalue weighted by Gasteiger charge is 2.30. The topological polar surface area (TPSA) is 68.6 Å². The summed E-state index contributed by atoms with van der Waals surface area (Å²) in [7, 11) is 0. The van der Waals surface area contributed by atoms with E-state index in [4.69, 9.17) is 37.7 Å². The van der Waals surface area contributed by atoms with E-state index in [2.05, 4.69) is 14.8 Å². The van der Waals surface area contributed by atoms with E-state index >= 15 is 0 Å². The molecule has 2 aliphatic heterocycles. The van der Waals surface area contributed by atoms with Crippen molar-refractivity contribution in [1.29, 1.82) is 0 Å². The summed E-state index contributed by atoms with van der Waals surface area (Å²) in [5, 5.41) is 4.11. The fraction of sp³-hybridized carbons (Fsp3) is 0.440. The van der Waals surface area contributed by atoms with Gasteiger partial charge in [0.05, 0.1) is 40.3 Å². The molecule has 0 saturated carbocycles. The van der Waals surface area contributed by atoms with Crippen molar-refractivity contribution >= 4 is 46.1 Å². The molecule has 5 rings (SSSR count). The zero-order valence-electron chi connectivity index (χ0n) is 19.1. The number of nitrogens with one attached hydrogen (secondary N) is 1.